The van der Waals surface area contributed by atoms with Crippen molar-refractivity contribution in [3.05, 3.63) is 70.8 Å². The SMILES string of the molecule is COC(=O)c1ccc(/C=C/[C@]2(O)CCC3C4CCc5cc(O)ccc5C4CC[C@@]32C)cc1. The summed E-state index contributed by atoms with van der Waals surface area (Å²) in [6, 6.07) is 13.2. The van der Waals surface area contributed by atoms with Crippen LogP contribution in [0.1, 0.15) is 72.0 Å². The van der Waals surface area contributed by atoms with Crippen LogP contribution in [0.15, 0.2) is 48.5 Å². The van der Waals surface area contributed by atoms with Gasteiger partial charge in [-0.25, -0.2) is 4.79 Å². The lowest BCUT2D eigenvalue weighted by atomic mass is 9.53. The third-order valence-corrected chi connectivity index (χ3v) is 8.81. The summed E-state index contributed by atoms with van der Waals surface area (Å²) in [5.41, 5.74) is 3.26. The number of phenols is 1. The van der Waals surface area contributed by atoms with Gasteiger partial charge in [0.05, 0.1) is 18.3 Å². The fraction of sp³-hybridized carbons (Fsp3) is 0.464. The summed E-state index contributed by atoms with van der Waals surface area (Å²) in [6.45, 7) is 2.29. The van der Waals surface area contributed by atoms with Crippen molar-refractivity contribution in [2.24, 2.45) is 17.3 Å². The van der Waals surface area contributed by atoms with Crippen LogP contribution in [0.2, 0.25) is 0 Å². The summed E-state index contributed by atoms with van der Waals surface area (Å²) in [6.07, 6.45) is 10.1. The molecule has 32 heavy (non-hydrogen) atoms. The van der Waals surface area contributed by atoms with Gasteiger partial charge in [0.15, 0.2) is 0 Å². The quantitative estimate of drug-likeness (QED) is 0.631. The molecular formula is C28H32O4. The van der Waals surface area contributed by atoms with Gasteiger partial charge in [-0.05, 0) is 97.2 Å². The zero-order valence-electron chi connectivity index (χ0n) is 18.9. The van der Waals surface area contributed by atoms with Crippen molar-refractivity contribution in [2.75, 3.05) is 7.11 Å². The summed E-state index contributed by atoms with van der Waals surface area (Å²) in [7, 11) is 1.38. The lowest BCUT2D eigenvalue weighted by molar-refractivity contribution is -0.0705. The van der Waals surface area contributed by atoms with Crippen LogP contribution in [0.4, 0.5) is 0 Å². The fourth-order valence-corrected chi connectivity index (χ4v) is 6.98. The lowest BCUT2D eigenvalue weighted by Gasteiger charge is -2.52. The third-order valence-electron chi connectivity index (χ3n) is 8.81. The van der Waals surface area contributed by atoms with E-state index in [0.717, 1.165) is 44.1 Å². The fourth-order valence-electron chi connectivity index (χ4n) is 6.98. The van der Waals surface area contributed by atoms with Crippen LogP contribution in [0.25, 0.3) is 6.08 Å². The van der Waals surface area contributed by atoms with Crippen molar-refractivity contribution >= 4 is 12.0 Å². The molecule has 0 bridgehead atoms. The Balaban J connectivity index is 1.38. The predicted octanol–water partition coefficient (Wildman–Crippen LogP) is 5.48. The van der Waals surface area contributed by atoms with Gasteiger partial charge in [-0.2, -0.15) is 0 Å². The van der Waals surface area contributed by atoms with Crippen LogP contribution in [-0.2, 0) is 11.2 Å². The normalized spacial score (nSPS) is 33.4. The maximum absolute atomic E-state index is 11.8. The maximum atomic E-state index is 11.8. The zero-order chi connectivity index (χ0) is 22.5. The number of carbonyl (C=O) groups is 1. The predicted molar refractivity (Wildman–Crippen MR) is 124 cm³/mol. The second kappa shape index (κ2) is 7.77. The van der Waals surface area contributed by atoms with E-state index >= 15 is 0 Å². The number of esters is 1. The molecule has 2 N–H and O–H groups in total. The molecule has 3 aliphatic carbocycles. The highest BCUT2D eigenvalue weighted by Gasteiger charge is 2.60. The van der Waals surface area contributed by atoms with Gasteiger partial charge in [0.2, 0.25) is 0 Å². The number of aryl methyl sites for hydroxylation is 1. The van der Waals surface area contributed by atoms with Crippen molar-refractivity contribution in [1.82, 2.24) is 0 Å². The average molecular weight is 433 g/mol. The molecule has 0 aromatic heterocycles. The van der Waals surface area contributed by atoms with Crippen LogP contribution in [0, 0.1) is 17.3 Å². The number of aromatic hydroxyl groups is 1. The Morgan fingerprint density at radius 1 is 1.09 bits per heavy atom. The van der Waals surface area contributed by atoms with E-state index in [4.69, 9.17) is 4.74 Å². The number of aliphatic hydroxyl groups is 1. The molecule has 168 valence electrons. The molecule has 0 spiro atoms. The van der Waals surface area contributed by atoms with Crippen LogP contribution < -0.4 is 0 Å². The monoisotopic (exact) mass is 432 g/mol. The number of ether oxygens (including phenoxy) is 1. The minimum atomic E-state index is -0.821. The summed E-state index contributed by atoms with van der Waals surface area (Å²) < 4.78 is 4.77. The van der Waals surface area contributed by atoms with Crippen molar-refractivity contribution in [3.63, 3.8) is 0 Å². The largest absolute Gasteiger partial charge is 0.508 e. The Labute approximate surface area is 189 Å². The molecule has 0 amide bonds. The summed E-state index contributed by atoms with van der Waals surface area (Å²) in [4.78, 5) is 11.7. The highest BCUT2D eigenvalue weighted by molar-refractivity contribution is 5.89. The average Bonchev–Trinajstić information content (AvgIpc) is 3.08. The first kappa shape index (κ1) is 21.3. The molecule has 0 heterocycles. The topological polar surface area (TPSA) is 66.8 Å². The van der Waals surface area contributed by atoms with Gasteiger partial charge in [-0.15, -0.1) is 0 Å². The van der Waals surface area contributed by atoms with Gasteiger partial charge < -0.3 is 14.9 Å². The second-order valence-corrected chi connectivity index (χ2v) is 10.2. The van der Waals surface area contributed by atoms with Gasteiger partial charge in [-0.1, -0.05) is 37.3 Å². The number of hydrogen-bond donors (Lipinski definition) is 2. The molecule has 4 heteroatoms. The van der Waals surface area contributed by atoms with Crippen molar-refractivity contribution in [1.29, 1.82) is 0 Å². The van der Waals surface area contributed by atoms with Gasteiger partial charge in [0, 0.05) is 5.41 Å². The van der Waals surface area contributed by atoms with Gasteiger partial charge in [0.1, 0.15) is 5.75 Å². The van der Waals surface area contributed by atoms with E-state index in [9.17, 15) is 15.0 Å². The first-order valence-electron chi connectivity index (χ1n) is 11.8. The summed E-state index contributed by atoms with van der Waals surface area (Å²) in [5, 5.41) is 21.7. The maximum Gasteiger partial charge on any atom is 0.337 e. The first-order chi connectivity index (χ1) is 15.3. The van der Waals surface area contributed by atoms with Gasteiger partial charge >= 0.3 is 5.97 Å². The third kappa shape index (κ3) is 3.27. The lowest BCUT2D eigenvalue weighted by Crippen LogP contribution is -2.49. The van der Waals surface area contributed by atoms with E-state index in [-0.39, 0.29) is 11.4 Å². The number of benzene rings is 2. The van der Waals surface area contributed by atoms with Crippen molar-refractivity contribution in [2.45, 2.75) is 57.0 Å². The molecule has 3 unspecified atom stereocenters. The highest BCUT2D eigenvalue weighted by Crippen LogP contribution is 2.64. The molecular weight excluding hydrogens is 400 g/mol. The molecule has 5 atom stereocenters. The minimum absolute atomic E-state index is 0.134. The molecule has 5 rings (SSSR count). The molecule has 2 aromatic carbocycles. The molecule has 4 nitrogen and oxygen atoms in total. The van der Waals surface area contributed by atoms with E-state index in [1.165, 1.54) is 18.2 Å². The Hall–Kier alpha value is -2.59. The van der Waals surface area contributed by atoms with E-state index in [1.807, 2.05) is 36.4 Å². The first-order valence-corrected chi connectivity index (χ1v) is 11.8. The van der Waals surface area contributed by atoms with Crippen LogP contribution in [0.5, 0.6) is 5.75 Å². The number of carbonyl (C=O) groups excluding carboxylic acids is 1. The second-order valence-electron chi connectivity index (χ2n) is 10.2. The number of rotatable bonds is 3. The number of fused-ring (bicyclic) bond motifs is 5. The molecule has 0 saturated heterocycles. The van der Waals surface area contributed by atoms with Gasteiger partial charge in [0.25, 0.3) is 0 Å². The van der Waals surface area contributed by atoms with E-state index in [0.29, 0.717) is 29.1 Å². The van der Waals surface area contributed by atoms with Crippen LogP contribution in [0.3, 0.4) is 0 Å². The minimum Gasteiger partial charge on any atom is -0.508 e. The van der Waals surface area contributed by atoms with E-state index in [2.05, 4.69) is 13.0 Å². The Morgan fingerprint density at radius 2 is 1.88 bits per heavy atom. The van der Waals surface area contributed by atoms with Crippen LogP contribution >= 0.6 is 0 Å². The molecule has 2 fully saturated rings. The molecule has 3 aliphatic rings. The Morgan fingerprint density at radius 3 is 2.62 bits per heavy atom. The summed E-state index contributed by atoms with van der Waals surface area (Å²) >= 11 is 0. The van der Waals surface area contributed by atoms with E-state index in [1.54, 1.807) is 12.1 Å². The van der Waals surface area contributed by atoms with Crippen LogP contribution in [-0.4, -0.2) is 28.9 Å². The molecule has 2 saturated carbocycles. The standard InChI is InChI=1S/C28H32O4/c1-27-14-12-23-22-10-8-21(29)17-20(22)7-9-24(23)25(27)13-16-28(27,31)15-11-18-3-5-19(6-4-18)26(30)32-2/h3-6,8,10-11,15,17,23-25,29,31H,7,9,12-14,16H2,1-2H3/b15-11+/t23?,24?,25?,27-,28-/m0/s1. The van der Waals surface area contributed by atoms with Crippen molar-refractivity contribution in [3.8, 4) is 5.75 Å². The zero-order valence-corrected chi connectivity index (χ0v) is 18.9. The van der Waals surface area contributed by atoms with E-state index < -0.39 is 5.60 Å². The smallest absolute Gasteiger partial charge is 0.337 e. The Kier molecular flexibility index (Phi) is 5.16. The number of hydrogen-bond acceptors (Lipinski definition) is 4. The summed E-state index contributed by atoms with van der Waals surface area (Å²) in [5.74, 6) is 1.65. The van der Waals surface area contributed by atoms with Crippen molar-refractivity contribution < 1.29 is 19.7 Å². The Bertz CT molecular complexity index is 1060. The molecule has 0 radical (unpaired) electrons. The van der Waals surface area contributed by atoms with Gasteiger partial charge in [-0.3, -0.25) is 0 Å². The molecule has 2 aromatic rings. The number of phenolic OH excluding ortho intramolecular Hbond substituents is 1. The highest BCUT2D eigenvalue weighted by atomic mass is 16.5. The molecule has 0 aliphatic heterocycles. The number of methoxy groups -OCH3 is 1.